The molecule has 1 aromatic heterocycles. The van der Waals surface area contributed by atoms with Gasteiger partial charge in [-0.15, -0.1) is 0 Å². The van der Waals surface area contributed by atoms with Gasteiger partial charge in [0.25, 0.3) is 5.56 Å². The number of anilines is 1. The summed E-state index contributed by atoms with van der Waals surface area (Å²) < 4.78 is 1.68. The Hall–Kier alpha value is -1.36. The number of aryl methyl sites for hydroxylation is 1. The molecule has 1 aliphatic heterocycles. The van der Waals surface area contributed by atoms with Crippen molar-refractivity contribution in [2.75, 3.05) is 25.5 Å². The zero-order chi connectivity index (χ0) is 13.1. The first-order valence-corrected chi connectivity index (χ1v) is 6.62. The molecule has 0 amide bonds. The van der Waals surface area contributed by atoms with Gasteiger partial charge in [-0.25, -0.2) is 4.98 Å². The maximum atomic E-state index is 12.1. The minimum absolute atomic E-state index is 0.0221. The lowest BCUT2D eigenvalue weighted by atomic mass is 9.94. The van der Waals surface area contributed by atoms with E-state index in [1.54, 1.807) is 17.0 Å². The molecule has 2 unspecified atom stereocenters. The Balaban J connectivity index is 2.12. The summed E-state index contributed by atoms with van der Waals surface area (Å²) >= 11 is 0. The molecule has 2 rings (SSSR count). The van der Waals surface area contributed by atoms with Crippen molar-refractivity contribution in [3.05, 3.63) is 22.7 Å². The van der Waals surface area contributed by atoms with Crippen LogP contribution in [0.5, 0.6) is 0 Å². The molecule has 18 heavy (non-hydrogen) atoms. The molecule has 1 aliphatic rings. The largest absolute Gasteiger partial charge is 0.362 e. The average Bonchev–Trinajstić information content (AvgIpc) is 2.35. The Kier molecular flexibility index (Phi) is 4.01. The zero-order valence-corrected chi connectivity index (χ0v) is 11.4. The summed E-state index contributed by atoms with van der Waals surface area (Å²) in [5, 5.41) is 3.32. The Morgan fingerprint density at radius 3 is 3.00 bits per heavy atom. The average molecular weight is 250 g/mol. The highest BCUT2D eigenvalue weighted by Gasteiger charge is 2.24. The van der Waals surface area contributed by atoms with E-state index in [0.29, 0.717) is 24.3 Å². The summed E-state index contributed by atoms with van der Waals surface area (Å²) in [6.07, 6.45) is 4.47. The number of likely N-dealkylation sites (tertiary alicyclic amines) is 1. The van der Waals surface area contributed by atoms with E-state index in [4.69, 9.17) is 0 Å². The fourth-order valence-electron chi connectivity index (χ4n) is 2.54. The van der Waals surface area contributed by atoms with E-state index in [9.17, 15) is 4.79 Å². The van der Waals surface area contributed by atoms with Crippen LogP contribution in [0.15, 0.2) is 17.2 Å². The van der Waals surface area contributed by atoms with Gasteiger partial charge >= 0.3 is 0 Å². The van der Waals surface area contributed by atoms with Crippen LogP contribution in [-0.4, -0.2) is 40.6 Å². The highest BCUT2D eigenvalue weighted by Crippen LogP contribution is 2.17. The number of nitrogens with zero attached hydrogens (tertiary/aromatic N) is 3. The normalized spacial score (nSPS) is 25.1. The van der Waals surface area contributed by atoms with E-state index in [1.807, 2.05) is 6.92 Å². The summed E-state index contributed by atoms with van der Waals surface area (Å²) in [5.41, 5.74) is -0.0221. The molecule has 1 saturated heterocycles. The van der Waals surface area contributed by atoms with Gasteiger partial charge in [-0.3, -0.25) is 4.79 Å². The molecule has 2 atom stereocenters. The summed E-state index contributed by atoms with van der Waals surface area (Å²) in [7, 11) is 2.14. The summed E-state index contributed by atoms with van der Waals surface area (Å²) in [6.45, 7) is 6.99. The lowest BCUT2D eigenvalue weighted by Crippen LogP contribution is -2.44. The predicted octanol–water partition coefficient (Wildman–Crippen LogP) is 1.02. The topological polar surface area (TPSA) is 50.2 Å². The number of aromatic nitrogens is 2. The highest BCUT2D eigenvalue weighted by atomic mass is 16.1. The minimum atomic E-state index is -0.0221. The third-order valence-corrected chi connectivity index (χ3v) is 3.68. The highest BCUT2D eigenvalue weighted by molar-refractivity contribution is 5.32. The van der Waals surface area contributed by atoms with Gasteiger partial charge in [0.2, 0.25) is 0 Å². The van der Waals surface area contributed by atoms with E-state index >= 15 is 0 Å². The van der Waals surface area contributed by atoms with Gasteiger partial charge in [0.15, 0.2) is 5.82 Å². The molecule has 2 heterocycles. The van der Waals surface area contributed by atoms with E-state index < -0.39 is 0 Å². The van der Waals surface area contributed by atoms with Crippen LogP contribution in [0, 0.1) is 5.92 Å². The summed E-state index contributed by atoms with van der Waals surface area (Å²) in [5.74, 6) is 1.01. The van der Waals surface area contributed by atoms with Gasteiger partial charge in [0, 0.05) is 31.5 Å². The van der Waals surface area contributed by atoms with Gasteiger partial charge in [0.05, 0.1) is 0 Å². The van der Waals surface area contributed by atoms with Crippen LogP contribution in [-0.2, 0) is 6.54 Å². The van der Waals surface area contributed by atoms with Crippen molar-refractivity contribution in [3.8, 4) is 0 Å². The van der Waals surface area contributed by atoms with Crippen molar-refractivity contribution in [2.45, 2.75) is 32.9 Å². The fourth-order valence-corrected chi connectivity index (χ4v) is 2.54. The molecular weight excluding hydrogens is 228 g/mol. The smallest absolute Gasteiger partial charge is 0.293 e. The SMILES string of the molecule is CCn1ccnc(NC2CCN(C)CC2C)c1=O. The van der Waals surface area contributed by atoms with E-state index in [1.165, 1.54) is 0 Å². The van der Waals surface area contributed by atoms with Crippen molar-refractivity contribution >= 4 is 5.82 Å². The second-order valence-corrected chi connectivity index (χ2v) is 5.15. The second-order valence-electron chi connectivity index (χ2n) is 5.15. The molecule has 0 aromatic carbocycles. The van der Waals surface area contributed by atoms with Crippen LogP contribution >= 0.6 is 0 Å². The zero-order valence-electron chi connectivity index (χ0n) is 11.4. The molecule has 0 spiro atoms. The van der Waals surface area contributed by atoms with Crippen molar-refractivity contribution in [1.82, 2.24) is 14.5 Å². The first kappa shape index (κ1) is 13.1. The molecule has 5 nitrogen and oxygen atoms in total. The molecule has 1 fully saturated rings. The van der Waals surface area contributed by atoms with Crippen molar-refractivity contribution in [1.29, 1.82) is 0 Å². The van der Waals surface area contributed by atoms with Crippen LogP contribution in [0.4, 0.5) is 5.82 Å². The van der Waals surface area contributed by atoms with Crippen LogP contribution < -0.4 is 10.9 Å². The van der Waals surface area contributed by atoms with Crippen LogP contribution in [0.25, 0.3) is 0 Å². The Bertz CT molecular complexity index is 457. The molecule has 0 aliphatic carbocycles. The predicted molar refractivity (Wildman–Crippen MR) is 72.9 cm³/mol. The fraction of sp³-hybridized carbons (Fsp3) is 0.692. The minimum Gasteiger partial charge on any atom is -0.362 e. The number of piperidine rings is 1. The lowest BCUT2D eigenvalue weighted by Gasteiger charge is -2.35. The van der Waals surface area contributed by atoms with Gasteiger partial charge in [-0.1, -0.05) is 6.92 Å². The van der Waals surface area contributed by atoms with E-state index in [2.05, 4.69) is 29.2 Å². The van der Waals surface area contributed by atoms with Crippen LogP contribution in [0.1, 0.15) is 20.3 Å². The molecular formula is C13H22N4O. The first-order valence-electron chi connectivity index (χ1n) is 6.62. The number of hydrogen-bond donors (Lipinski definition) is 1. The van der Waals surface area contributed by atoms with Crippen molar-refractivity contribution in [3.63, 3.8) is 0 Å². The maximum absolute atomic E-state index is 12.1. The van der Waals surface area contributed by atoms with Gasteiger partial charge in [0.1, 0.15) is 0 Å². The monoisotopic (exact) mass is 250 g/mol. The Labute approximate surface area is 108 Å². The Morgan fingerprint density at radius 1 is 1.56 bits per heavy atom. The molecule has 100 valence electrons. The van der Waals surface area contributed by atoms with Gasteiger partial charge in [-0.2, -0.15) is 0 Å². The molecule has 0 radical (unpaired) electrons. The molecule has 1 N–H and O–H groups in total. The van der Waals surface area contributed by atoms with E-state index in [0.717, 1.165) is 19.5 Å². The van der Waals surface area contributed by atoms with Crippen LogP contribution in [0.2, 0.25) is 0 Å². The molecule has 1 aromatic rings. The van der Waals surface area contributed by atoms with E-state index in [-0.39, 0.29) is 5.56 Å². The van der Waals surface area contributed by atoms with Gasteiger partial charge < -0.3 is 14.8 Å². The second kappa shape index (κ2) is 5.52. The van der Waals surface area contributed by atoms with Crippen molar-refractivity contribution < 1.29 is 0 Å². The first-order chi connectivity index (χ1) is 8.61. The molecule has 0 bridgehead atoms. The third kappa shape index (κ3) is 2.72. The lowest BCUT2D eigenvalue weighted by molar-refractivity contribution is 0.206. The number of rotatable bonds is 3. The standard InChI is InChI=1S/C13H22N4O/c1-4-17-8-6-14-12(13(17)18)15-11-5-7-16(3)9-10(11)2/h6,8,10-11H,4-5,7,9H2,1-3H3,(H,14,15). The van der Waals surface area contributed by atoms with Gasteiger partial charge in [-0.05, 0) is 32.9 Å². The Morgan fingerprint density at radius 2 is 2.33 bits per heavy atom. The molecule has 5 heteroatoms. The quantitative estimate of drug-likeness (QED) is 0.870. The third-order valence-electron chi connectivity index (χ3n) is 3.68. The van der Waals surface area contributed by atoms with Crippen molar-refractivity contribution in [2.24, 2.45) is 5.92 Å². The number of hydrogen-bond acceptors (Lipinski definition) is 4. The maximum Gasteiger partial charge on any atom is 0.293 e. The summed E-state index contributed by atoms with van der Waals surface area (Å²) in [6, 6.07) is 0.342. The summed E-state index contributed by atoms with van der Waals surface area (Å²) in [4.78, 5) is 18.6. The number of nitrogens with one attached hydrogen (secondary N) is 1. The molecule has 0 saturated carbocycles. The van der Waals surface area contributed by atoms with Crippen LogP contribution in [0.3, 0.4) is 0 Å².